The Kier molecular flexibility index (Phi) is 5.00. The van der Waals surface area contributed by atoms with E-state index in [0.29, 0.717) is 29.1 Å². The zero-order valence-electron chi connectivity index (χ0n) is 16.3. The summed E-state index contributed by atoms with van der Waals surface area (Å²) >= 11 is 0. The van der Waals surface area contributed by atoms with Gasteiger partial charge in [-0.2, -0.15) is 0 Å². The number of benzene rings is 1. The summed E-state index contributed by atoms with van der Waals surface area (Å²) in [5.41, 5.74) is 7.18. The Morgan fingerprint density at radius 1 is 1.33 bits per heavy atom. The number of amides is 2. The number of aromatic nitrogens is 1. The van der Waals surface area contributed by atoms with E-state index in [2.05, 4.69) is 10.3 Å². The smallest absolute Gasteiger partial charge is 0.313 e. The quantitative estimate of drug-likeness (QED) is 0.794. The molecule has 1 aromatic heterocycles. The molecule has 2 aromatic rings. The summed E-state index contributed by atoms with van der Waals surface area (Å²) in [7, 11) is 0. The Balaban J connectivity index is 1.86. The lowest BCUT2D eigenvalue weighted by Gasteiger charge is -2.38. The molecule has 1 aliphatic heterocycles. The zero-order valence-corrected chi connectivity index (χ0v) is 15.3. The lowest BCUT2D eigenvalue weighted by atomic mass is 9.90. The molecule has 0 saturated carbocycles. The van der Waals surface area contributed by atoms with Crippen LogP contribution >= 0.6 is 0 Å². The van der Waals surface area contributed by atoms with Crippen molar-refractivity contribution in [2.75, 3.05) is 17.6 Å². The zero-order chi connectivity index (χ0) is 20.5. The van der Waals surface area contributed by atoms with Crippen LogP contribution in [-0.2, 0) is 9.59 Å². The molecule has 0 aliphatic carbocycles. The van der Waals surface area contributed by atoms with Crippen molar-refractivity contribution in [3.63, 3.8) is 0 Å². The first-order valence-corrected chi connectivity index (χ1v) is 8.82. The van der Waals surface area contributed by atoms with Gasteiger partial charge in [0.15, 0.2) is 0 Å². The summed E-state index contributed by atoms with van der Waals surface area (Å²) in [6.07, 6.45) is 2.47. The minimum absolute atomic E-state index is 0.149. The number of anilines is 2. The Morgan fingerprint density at radius 3 is 2.70 bits per heavy atom. The van der Waals surface area contributed by atoms with Crippen molar-refractivity contribution in [3.8, 4) is 0 Å². The highest BCUT2D eigenvalue weighted by molar-refractivity contribution is 6.39. The molecule has 2 heterocycles. The highest BCUT2D eigenvalue weighted by Crippen LogP contribution is 2.33. The number of hydrogen-bond donors (Lipinski definition) is 2. The Labute approximate surface area is 159 Å². The number of nitrogens with two attached hydrogens (primary N) is 1. The Morgan fingerprint density at radius 2 is 2.04 bits per heavy atom. The van der Waals surface area contributed by atoms with Gasteiger partial charge in [-0.05, 0) is 55.0 Å². The standard InChI is InChI=1S/C20H23FN4O2/c1-12-3-8-17(14-4-6-15(21)7-5-14)25(11-12)20(27)19(26)24-16-9-13(2)18(22)23-10-16/h4-7,9-10,12,17H,3,8,11H2,1-2H3,(H2,22,23)(H,24,26)/t12-,17+/m0/s1/i17D. The maximum atomic E-state index is 13.3. The summed E-state index contributed by atoms with van der Waals surface area (Å²) in [5, 5.41) is 2.53. The summed E-state index contributed by atoms with van der Waals surface area (Å²) < 4.78 is 22.2. The monoisotopic (exact) mass is 371 g/mol. The SMILES string of the molecule is [2H][C@]1(c2ccc(F)cc2)CC[C@H](C)CN1C(=O)C(=O)Nc1cnc(N)c(C)c1. The maximum Gasteiger partial charge on any atom is 0.313 e. The molecule has 1 fully saturated rings. The minimum Gasteiger partial charge on any atom is -0.383 e. The fourth-order valence-electron chi connectivity index (χ4n) is 3.14. The van der Waals surface area contributed by atoms with Crippen molar-refractivity contribution in [2.24, 2.45) is 5.92 Å². The number of carbonyl (C=O) groups is 2. The molecule has 1 aliphatic rings. The van der Waals surface area contributed by atoms with E-state index in [0.717, 1.165) is 6.42 Å². The number of pyridine rings is 1. The predicted molar refractivity (Wildman–Crippen MR) is 101 cm³/mol. The third kappa shape index (κ3) is 4.24. The van der Waals surface area contributed by atoms with Crippen LogP contribution in [0, 0.1) is 18.7 Å². The van der Waals surface area contributed by atoms with Gasteiger partial charge in [0.2, 0.25) is 0 Å². The van der Waals surface area contributed by atoms with Crippen LogP contribution in [0.2, 0.25) is 0 Å². The van der Waals surface area contributed by atoms with Crippen LogP contribution in [0.3, 0.4) is 0 Å². The lowest BCUT2D eigenvalue weighted by Crippen LogP contribution is -2.46. The van der Waals surface area contributed by atoms with Crippen molar-refractivity contribution in [2.45, 2.75) is 32.7 Å². The molecule has 0 bridgehead atoms. The van der Waals surface area contributed by atoms with Crippen molar-refractivity contribution < 1.29 is 15.4 Å². The molecule has 1 saturated heterocycles. The van der Waals surface area contributed by atoms with E-state index in [1.807, 2.05) is 6.92 Å². The number of halogens is 1. The fourth-order valence-corrected chi connectivity index (χ4v) is 3.14. The number of nitrogens with zero attached hydrogens (tertiary/aromatic N) is 2. The van der Waals surface area contributed by atoms with E-state index in [1.165, 1.54) is 35.4 Å². The maximum absolute atomic E-state index is 13.3. The molecule has 6 nitrogen and oxygen atoms in total. The predicted octanol–water partition coefficient (Wildman–Crippen LogP) is 3.05. The molecular weight excluding hydrogens is 347 g/mol. The summed E-state index contributed by atoms with van der Waals surface area (Å²) in [4.78, 5) is 30.7. The van der Waals surface area contributed by atoms with Crippen LogP contribution < -0.4 is 11.1 Å². The van der Waals surface area contributed by atoms with E-state index >= 15 is 0 Å². The lowest BCUT2D eigenvalue weighted by molar-refractivity contribution is -0.146. The van der Waals surface area contributed by atoms with Crippen LogP contribution in [0.5, 0.6) is 0 Å². The summed E-state index contributed by atoms with van der Waals surface area (Å²) in [6.45, 7) is 3.98. The van der Waals surface area contributed by atoms with E-state index in [4.69, 9.17) is 7.10 Å². The number of hydrogen-bond acceptors (Lipinski definition) is 4. The third-order valence-corrected chi connectivity index (χ3v) is 4.69. The van der Waals surface area contributed by atoms with E-state index in [9.17, 15) is 14.0 Å². The molecule has 27 heavy (non-hydrogen) atoms. The number of carbonyl (C=O) groups excluding carboxylic acids is 2. The number of piperidine rings is 1. The number of nitrogens with one attached hydrogen (secondary N) is 1. The van der Waals surface area contributed by atoms with Crippen molar-refractivity contribution in [1.29, 1.82) is 0 Å². The Hall–Kier alpha value is -2.96. The molecule has 3 rings (SSSR count). The van der Waals surface area contributed by atoms with E-state index in [-0.39, 0.29) is 12.5 Å². The van der Waals surface area contributed by atoms with Crippen molar-refractivity contribution in [1.82, 2.24) is 9.88 Å². The molecule has 142 valence electrons. The van der Waals surface area contributed by atoms with Crippen LogP contribution in [0.1, 0.15) is 38.3 Å². The van der Waals surface area contributed by atoms with Gasteiger partial charge >= 0.3 is 11.8 Å². The number of likely N-dealkylation sites (tertiary alicyclic amines) is 1. The van der Waals surface area contributed by atoms with Crippen molar-refractivity contribution >= 4 is 23.3 Å². The molecule has 2 amide bonds. The molecule has 7 heteroatoms. The largest absolute Gasteiger partial charge is 0.383 e. The van der Waals surface area contributed by atoms with Crippen molar-refractivity contribution in [3.05, 3.63) is 53.5 Å². The van der Waals surface area contributed by atoms with Crippen LogP contribution in [0.25, 0.3) is 0 Å². The fraction of sp³-hybridized carbons (Fsp3) is 0.350. The molecule has 2 atom stereocenters. The van der Waals surface area contributed by atoms with Gasteiger partial charge in [-0.25, -0.2) is 9.37 Å². The molecular formula is C20H23FN4O2. The van der Waals surface area contributed by atoms with Gasteiger partial charge in [0, 0.05) is 6.54 Å². The van der Waals surface area contributed by atoms with Crippen LogP contribution in [0.15, 0.2) is 36.5 Å². The van der Waals surface area contributed by atoms with Gasteiger partial charge in [0.05, 0.1) is 19.3 Å². The van der Waals surface area contributed by atoms with E-state index in [1.54, 1.807) is 13.0 Å². The summed E-state index contributed by atoms with van der Waals surface area (Å²) in [6, 6.07) is 5.70. The van der Waals surface area contributed by atoms with Gasteiger partial charge in [-0.15, -0.1) is 0 Å². The second kappa shape index (κ2) is 7.73. The summed E-state index contributed by atoms with van der Waals surface area (Å²) in [5.74, 6) is -1.58. The van der Waals surface area contributed by atoms with Crippen LogP contribution in [0.4, 0.5) is 15.9 Å². The van der Waals surface area contributed by atoms with Gasteiger partial charge in [-0.1, -0.05) is 19.1 Å². The number of aryl methyl sites for hydroxylation is 1. The third-order valence-electron chi connectivity index (χ3n) is 4.69. The average Bonchev–Trinajstić information content (AvgIpc) is 2.66. The van der Waals surface area contributed by atoms with E-state index < -0.39 is 23.6 Å². The minimum atomic E-state index is -1.43. The van der Waals surface area contributed by atoms with Gasteiger partial charge in [0.1, 0.15) is 11.6 Å². The molecule has 3 N–H and O–H groups in total. The van der Waals surface area contributed by atoms with Gasteiger partial charge in [-0.3, -0.25) is 9.59 Å². The second-order valence-corrected chi connectivity index (χ2v) is 6.89. The Bertz CT molecular complexity index is 906. The molecule has 0 radical (unpaired) electrons. The first kappa shape index (κ1) is 17.5. The highest BCUT2D eigenvalue weighted by Gasteiger charge is 2.34. The topological polar surface area (TPSA) is 88.3 Å². The first-order valence-electron chi connectivity index (χ1n) is 9.32. The number of nitrogen functional groups attached to an aromatic ring is 1. The second-order valence-electron chi connectivity index (χ2n) is 6.89. The molecule has 1 aromatic carbocycles. The number of rotatable bonds is 2. The highest BCUT2D eigenvalue weighted by atomic mass is 19.1. The normalized spacial score (nSPS) is 22.9. The van der Waals surface area contributed by atoms with Gasteiger partial charge < -0.3 is 16.0 Å². The average molecular weight is 371 g/mol. The molecule has 0 spiro atoms. The van der Waals surface area contributed by atoms with Crippen LogP contribution in [-0.4, -0.2) is 28.2 Å². The molecule has 0 unspecified atom stereocenters. The van der Waals surface area contributed by atoms with Gasteiger partial charge in [0.25, 0.3) is 0 Å². The first-order chi connectivity index (χ1) is 13.2.